The number of anilines is 1. The summed E-state index contributed by atoms with van der Waals surface area (Å²) in [7, 11) is 0. The molecule has 0 radical (unpaired) electrons. The van der Waals surface area contributed by atoms with Crippen LogP contribution in [0.4, 0.5) is 11.5 Å². The van der Waals surface area contributed by atoms with Crippen molar-refractivity contribution in [2.45, 2.75) is 13.0 Å². The van der Waals surface area contributed by atoms with Crippen LogP contribution in [0.15, 0.2) is 12.1 Å². The van der Waals surface area contributed by atoms with Gasteiger partial charge in [-0.05, 0) is 13.0 Å². The highest BCUT2D eigenvalue weighted by Crippen LogP contribution is 2.30. The summed E-state index contributed by atoms with van der Waals surface area (Å²) >= 11 is 1.53. The summed E-state index contributed by atoms with van der Waals surface area (Å²) in [4.78, 5) is 27.4. The molecular weight excluding hydrogens is 270 g/mol. The van der Waals surface area contributed by atoms with Gasteiger partial charge in [0.1, 0.15) is 6.04 Å². The maximum atomic E-state index is 11.3. The van der Waals surface area contributed by atoms with Gasteiger partial charge in [0, 0.05) is 29.8 Å². The van der Waals surface area contributed by atoms with E-state index in [1.165, 1.54) is 22.7 Å². The van der Waals surface area contributed by atoms with Crippen LogP contribution in [0.2, 0.25) is 0 Å². The molecular formula is C11H13N3O4S. The Labute approximate surface area is 113 Å². The average Bonchev–Trinajstić information content (AvgIpc) is 2.38. The van der Waals surface area contributed by atoms with E-state index in [9.17, 15) is 20.0 Å². The van der Waals surface area contributed by atoms with Gasteiger partial charge in [0.25, 0.3) is 0 Å². The highest BCUT2D eigenvalue weighted by molar-refractivity contribution is 7.99. The number of pyridine rings is 1. The molecule has 1 aliphatic heterocycles. The third-order valence-corrected chi connectivity index (χ3v) is 3.90. The van der Waals surface area contributed by atoms with Crippen molar-refractivity contribution in [2.24, 2.45) is 0 Å². The monoisotopic (exact) mass is 283 g/mol. The second-order valence-corrected chi connectivity index (χ2v) is 5.32. The minimum atomic E-state index is -0.982. The van der Waals surface area contributed by atoms with Gasteiger partial charge in [-0.2, -0.15) is 11.8 Å². The molecule has 0 aliphatic carbocycles. The minimum absolute atomic E-state index is 0.149. The zero-order valence-electron chi connectivity index (χ0n) is 10.3. The van der Waals surface area contributed by atoms with E-state index in [2.05, 4.69) is 4.98 Å². The van der Waals surface area contributed by atoms with E-state index in [-0.39, 0.29) is 11.5 Å². The largest absolute Gasteiger partial charge is 0.480 e. The third-order valence-electron chi connectivity index (χ3n) is 2.88. The number of aromatic nitrogens is 1. The molecule has 0 amide bonds. The first kappa shape index (κ1) is 13.6. The number of carboxylic acids is 1. The molecule has 1 N–H and O–H groups in total. The van der Waals surface area contributed by atoms with E-state index in [1.54, 1.807) is 13.0 Å². The number of nitrogens with zero attached hydrogens (tertiary/aromatic N) is 3. The second kappa shape index (κ2) is 5.43. The summed E-state index contributed by atoms with van der Waals surface area (Å²) in [5, 5.41) is 20.3. The SMILES string of the molecule is Cc1ccc([N+](=O)[O-])c(N2CCSCC2C(=O)O)n1. The van der Waals surface area contributed by atoms with Gasteiger partial charge in [0.15, 0.2) is 0 Å². The molecule has 8 heteroatoms. The van der Waals surface area contributed by atoms with Crippen LogP contribution in [0, 0.1) is 17.0 Å². The normalized spacial score (nSPS) is 19.2. The van der Waals surface area contributed by atoms with Crippen molar-refractivity contribution < 1.29 is 14.8 Å². The summed E-state index contributed by atoms with van der Waals surface area (Å²) in [6.07, 6.45) is 0. The van der Waals surface area contributed by atoms with Gasteiger partial charge in [-0.3, -0.25) is 10.1 Å². The molecule has 0 aromatic carbocycles. The second-order valence-electron chi connectivity index (χ2n) is 4.17. The van der Waals surface area contributed by atoms with Crippen LogP contribution in [0.3, 0.4) is 0 Å². The number of carboxylic acid groups (broad SMARTS) is 1. The Hall–Kier alpha value is -1.83. The number of carbonyl (C=O) groups is 1. The van der Waals surface area contributed by atoms with E-state index in [1.807, 2.05) is 0 Å². The van der Waals surface area contributed by atoms with Crippen LogP contribution < -0.4 is 4.90 Å². The molecule has 1 saturated heterocycles. The van der Waals surface area contributed by atoms with Gasteiger partial charge < -0.3 is 10.0 Å². The van der Waals surface area contributed by atoms with Crippen LogP contribution in [0.1, 0.15) is 5.69 Å². The van der Waals surface area contributed by atoms with E-state index in [0.717, 1.165) is 5.75 Å². The maximum Gasteiger partial charge on any atom is 0.327 e. The average molecular weight is 283 g/mol. The fourth-order valence-electron chi connectivity index (χ4n) is 1.95. The molecule has 2 rings (SSSR count). The molecule has 1 aliphatic rings. The first-order chi connectivity index (χ1) is 9.00. The van der Waals surface area contributed by atoms with Crippen molar-refractivity contribution in [2.75, 3.05) is 23.0 Å². The number of thioether (sulfide) groups is 1. The molecule has 1 atom stereocenters. The van der Waals surface area contributed by atoms with E-state index >= 15 is 0 Å². The molecule has 1 aromatic heterocycles. The van der Waals surface area contributed by atoms with E-state index < -0.39 is 16.9 Å². The van der Waals surface area contributed by atoms with Crippen molar-refractivity contribution in [3.05, 3.63) is 27.9 Å². The number of aliphatic carboxylic acids is 1. The number of hydrogen-bond acceptors (Lipinski definition) is 6. The van der Waals surface area contributed by atoms with Crippen molar-refractivity contribution in [3.8, 4) is 0 Å². The standard InChI is InChI=1S/C11H13N3O4S/c1-7-2-3-8(14(17)18)10(12-7)13-4-5-19-6-9(13)11(15)16/h2-3,9H,4-6H2,1H3,(H,15,16). The Morgan fingerprint density at radius 3 is 3.00 bits per heavy atom. The topological polar surface area (TPSA) is 96.6 Å². The van der Waals surface area contributed by atoms with Crippen LogP contribution in [0.25, 0.3) is 0 Å². The Balaban J connectivity index is 2.46. The number of rotatable bonds is 3. The molecule has 7 nitrogen and oxygen atoms in total. The quantitative estimate of drug-likeness (QED) is 0.659. The smallest absolute Gasteiger partial charge is 0.327 e. The highest BCUT2D eigenvalue weighted by atomic mass is 32.2. The number of hydrogen-bond donors (Lipinski definition) is 1. The van der Waals surface area contributed by atoms with E-state index in [0.29, 0.717) is 18.0 Å². The summed E-state index contributed by atoms with van der Waals surface area (Å²) in [5.41, 5.74) is 0.478. The fourth-order valence-corrected chi connectivity index (χ4v) is 2.99. The summed E-state index contributed by atoms with van der Waals surface area (Å²) in [5.74, 6) is 0.307. The fraction of sp³-hybridized carbons (Fsp3) is 0.455. The number of nitro groups is 1. The van der Waals surface area contributed by atoms with E-state index in [4.69, 9.17) is 0 Å². The third kappa shape index (κ3) is 2.78. The zero-order chi connectivity index (χ0) is 14.0. The number of aryl methyl sites for hydroxylation is 1. The van der Waals surface area contributed by atoms with Crippen molar-refractivity contribution in [3.63, 3.8) is 0 Å². The van der Waals surface area contributed by atoms with Crippen molar-refractivity contribution >= 4 is 29.2 Å². The lowest BCUT2D eigenvalue weighted by Gasteiger charge is -2.33. The lowest BCUT2D eigenvalue weighted by atomic mass is 10.2. The molecule has 2 heterocycles. The summed E-state index contributed by atoms with van der Waals surface area (Å²) in [6, 6.07) is 2.15. The van der Waals surface area contributed by atoms with Crippen LogP contribution in [0.5, 0.6) is 0 Å². The van der Waals surface area contributed by atoms with Gasteiger partial charge in [0.05, 0.1) is 4.92 Å². The van der Waals surface area contributed by atoms with Gasteiger partial charge >= 0.3 is 11.7 Å². The van der Waals surface area contributed by atoms with Crippen molar-refractivity contribution in [1.29, 1.82) is 0 Å². The summed E-state index contributed by atoms with van der Waals surface area (Å²) in [6.45, 7) is 2.17. The molecule has 102 valence electrons. The Morgan fingerprint density at radius 1 is 1.63 bits per heavy atom. The van der Waals surface area contributed by atoms with Crippen LogP contribution in [-0.2, 0) is 4.79 Å². The Kier molecular flexibility index (Phi) is 3.89. The molecule has 0 bridgehead atoms. The van der Waals surface area contributed by atoms with Crippen LogP contribution in [-0.4, -0.2) is 45.1 Å². The minimum Gasteiger partial charge on any atom is -0.480 e. The molecule has 1 unspecified atom stereocenters. The Morgan fingerprint density at radius 2 is 2.37 bits per heavy atom. The molecule has 1 aromatic rings. The predicted octanol–water partition coefficient (Wildman–Crippen LogP) is 1.30. The zero-order valence-corrected chi connectivity index (χ0v) is 11.1. The maximum absolute atomic E-state index is 11.3. The first-order valence-electron chi connectivity index (χ1n) is 5.70. The van der Waals surface area contributed by atoms with Gasteiger partial charge in [-0.1, -0.05) is 0 Å². The van der Waals surface area contributed by atoms with Gasteiger partial charge in [-0.25, -0.2) is 9.78 Å². The van der Waals surface area contributed by atoms with Crippen LogP contribution >= 0.6 is 11.8 Å². The van der Waals surface area contributed by atoms with Crippen molar-refractivity contribution in [1.82, 2.24) is 4.98 Å². The lowest BCUT2D eigenvalue weighted by Crippen LogP contribution is -2.48. The molecule has 19 heavy (non-hydrogen) atoms. The highest BCUT2D eigenvalue weighted by Gasteiger charge is 2.33. The predicted molar refractivity (Wildman–Crippen MR) is 71.7 cm³/mol. The summed E-state index contributed by atoms with van der Waals surface area (Å²) < 4.78 is 0. The molecule has 0 saturated carbocycles. The Bertz CT molecular complexity index is 523. The van der Waals surface area contributed by atoms with Gasteiger partial charge in [-0.15, -0.1) is 0 Å². The molecule has 0 spiro atoms. The lowest BCUT2D eigenvalue weighted by molar-refractivity contribution is -0.384. The first-order valence-corrected chi connectivity index (χ1v) is 6.85. The van der Waals surface area contributed by atoms with Gasteiger partial charge in [0.2, 0.25) is 5.82 Å². The molecule has 1 fully saturated rings.